The fraction of sp³-hybridized carbons (Fsp3) is 0.400. The number of carbonyl (C=O) groups is 1. The minimum absolute atomic E-state index is 0.0431. The number of benzene rings is 1. The molecule has 2 aromatic heterocycles. The van der Waals surface area contributed by atoms with Crippen LogP contribution in [0, 0.1) is 6.92 Å². The van der Waals surface area contributed by atoms with Crippen LogP contribution in [0.5, 0.6) is 0 Å². The molecule has 0 saturated carbocycles. The lowest BCUT2D eigenvalue weighted by Crippen LogP contribution is -2.28. The lowest BCUT2D eigenvalue weighted by molar-refractivity contribution is 0.0827. The van der Waals surface area contributed by atoms with Crippen LogP contribution in [-0.2, 0) is 11.3 Å². The Bertz CT molecular complexity index is 906. The van der Waals surface area contributed by atoms with Gasteiger partial charge in [0.25, 0.3) is 5.91 Å². The average Bonchev–Trinajstić information content (AvgIpc) is 3.28. The number of aromatic nitrogens is 3. The number of aromatic amines is 1. The van der Waals surface area contributed by atoms with Crippen molar-refractivity contribution in [3.8, 4) is 0 Å². The van der Waals surface area contributed by atoms with Crippen LogP contribution in [0.3, 0.4) is 0 Å². The highest BCUT2D eigenvalue weighted by Crippen LogP contribution is 2.26. The average molecular weight is 352 g/mol. The van der Waals surface area contributed by atoms with Crippen molar-refractivity contribution >= 4 is 16.8 Å². The highest BCUT2D eigenvalue weighted by molar-refractivity contribution is 5.98. The van der Waals surface area contributed by atoms with Crippen molar-refractivity contribution < 1.29 is 9.53 Å². The molecule has 6 nitrogen and oxygen atoms in total. The van der Waals surface area contributed by atoms with E-state index >= 15 is 0 Å². The van der Waals surface area contributed by atoms with Gasteiger partial charge in [-0.1, -0.05) is 0 Å². The van der Waals surface area contributed by atoms with Gasteiger partial charge < -0.3 is 19.6 Å². The Morgan fingerprint density at radius 1 is 1.35 bits per heavy atom. The van der Waals surface area contributed by atoms with Crippen LogP contribution in [0.15, 0.2) is 36.7 Å². The lowest BCUT2D eigenvalue weighted by Gasteiger charge is -2.23. The summed E-state index contributed by atoms with van der Waals surface area (Å²) in [4.78, 5) is 20.2. The molecule has 1 amide bonds. The van der Waals surface area contributed by atoms with Crippen molar-refractivity contribution in [1.82, 2.24) is 19.9 Å². The lowest BCUT2D eigenvalue weighted by atomic mass is 9.99. The molecule has 4 rings (SSSR count). The van der Waals surface area contributed by atoms with E-state index in [2.05, 4.69) is 26.8 Å². The van der Waals surface area contributed by atoms with Crippen LogP contribution in [-0.4, -0.2) is 40.2 Å². The third-order valence-electron chi connectivity index (χ3n) is 5.11. The number of H-pyrrole nitrogens is 1. The molecule has 1 aliphatic rings. The Kier molecular flexibility index (Phi) is 4.75. The summed E-state index contributed by atoms with van der Waals surface area (Å²) in [6, 6.07) is 7.68. The van der Waals surface area contributed by atoms with E-state index in [-0.39, 0.29) is 5.91 Å². The van der Waals surface area contributed by atoms with Crippen molar-refractivity contribution in [3.63, 3.8) is 0 Å². The van der Waals surface area contributed by atoms with Gasteiger partial charge >= 0.3 is 0 Å². The maximum atomic E-state index is 12.4. The van der Waals surface area contributed by atoms with Gasteiger partial charge in [-0.2, -0.15) is 0 Å². The molecule has 136 valence electrons. The van der Waals surface area contributed by atoms with Crippen molar-refractivity contribution in [1.29, 1.82) is 0 Å². The third kappa shape index (κ3) is 3.37. The Morgan fingerprint density at radius 3 is 3.04 bits per heavy atom. The number of amides is 1. The van der Waals surface area contributed by atoms with Crippen molar-refractivity contribution in [3.05, 3.63) is 53.7 Å². The Balaban J connectivity index is 1.39. The quantitative estimate of drug-likeness (QED) is 0.741. The minimum atomic E-state index is -0.0431. The maximum absolute atomic E-state index is 12.4. The standard InChI is InChI=1S/C20H24N4O2/c1-14-13-23-19(15-5-10-26-11-6-15)24(14)9-8-22-20(25)17-2-3-18-16(12-17)4-7-21-18/h2-4,7,12-13,15,21H,5-6,8-11H2,1H3,(H,22,25). The summed E-state index contributed by atoms with van der Waals surface area (Å²) in [5.41, 5.74) is 2.86. The highest BCUT2D eigenvalue weighted by atomic mass is 16.5. The molecule has 0 unspecified atom stereocenters. The Morgan fingerprint density at radius 2 is 2.19 bits per heavy atom. The molecule has 3 heterocycles. The van der Waals surface area contributed by atoms with E-state index in [4.69, 9.17) is 4.74 Å². The van der Waals surface area contributed by atoms with Crippen molar-refractivity contribution in [2.75, 3.05) is 19.8 Å². The normalized spacial score (nSPS) is 15.4. The molecule has 3 aromatic rings. The van der Waals surface area contributed by atoms with E-state index in [0.717, 1.165) is 55.0 Å². The molecular weight excluding hydrogens is 328 g/mol. The van der Waals surface area contributed by atoms with Gasteiger partial charge in [0.1, 0.15) is 5.82 Å². The van der Waals surface area contributed by atoms with Crippen LogP contribution in [0.25, 0.3) is 10.9 Å². The largest absolute Gasteiger partial charge is 0.381 e. The number of fused-ring (bicyclic) bond motifs is 1. The van der Waals surface area contributed by atoms with E-state index in [1.165, 1.54) is 0 Å². The predicted octanol–water partition coefficient (Wildman–Crippen LogP) is 3.00. The molecule has 6 heteroatoms. The molecular formula is C20H24N4O2. The van der Waals surface area contributed by atoms with Gasteiger partial charge in [-0.05, 0) is 44.0 Å². The fourth-order valence-electron chi connectivity index (χ4n) is 3.63. The second kappa shape index (κ2) is 7.33. The van der Waals surface area contributed by atoms with Gasteiger partial charge in [-0.3, -0.25) is 4.79 Å². The molecule has 0 spiro atoms. The summed E-state index contributed by atoms with van der Waals surface area (Å²) in [5, 5.41) is 4.08. The SMILES string of the molecule is Cc1cnc(C2CCOCC2)n1CCNC(=O)c1ccc2[nH]ccc2c1. The minimum Gasteiger partial charge on any atom is -0.381 e. The van der Waals surface area contributed by atoms with Crippen molar-refractivity contribution in [2.45, 2.75) is 32.2 Å². The van der Waals surface area contributed by atoms with Gasteiger partial charge in [0.2, 0.25) is 0 Å². The number of aryl methyl sites for hydroxylation is 1. The highest BCUT2D eigenvalue weighted by Gasteiger charge is 2.21. The van der Waals surface area contributed by atoms with Crippen LogP contribution in [0.2, 0.25) is 0 Å². The van der Waals surface area contributed by atoms with E-state index in [0.29, 0.717) is 18.0 Å². The molecule has 0 aliphatic carbocycles. The Labute approximate surface area is 152 Å². The van der Waals surface area contributed by atoms with Gasteiger partial charge in [0.05, 0.1) is 0 Å². The van der Waals surface area contributed by atoms with Crippen LogP contribution in [0.1, 0.15) is 40.6 Å². The molecule has 0 bridgehead atoms. The summed E-state index contributed by atoms with van der Waals surface area (Å²) >= 11 is 0. The first-order valence-electron chi connectivity index (χ1n) is 9.17. The first-order chi connectivity index (χ1) is 12.7. The van der Waals surface area contributed by atoms with Crippen LogP contribution < -0.4 is 5.32 Å². The first-order valence-corrected chi connectivity index (χ1v) is 9.17. The summed E-state index contributed by atoms with van der Waals surface area (Å²) in [5.74, 6) is 1.52. The predicted molar refractivity (Wildman–Crippen MR) is 100 cm³/mol. The number of ether oxygens (including phenoxy) is 1. The van der Waals surface area contributed by atoms with E-state index in [1.54, 1.807) is 0 Å². The van der Waals surface area contributed by atoms with E-state index in [9.17, 15) is 4.79 Å². The second-order valence-corrected chi connectivity index (χ2v) is 6.83. The van der Waals surface area contributed by atoms with Crippen molar-refractivity contribution in [2.24, 2.45) is 0 Å². The third-order valence-corrected chi connectivity index (χ3v) is 5.11. The monoisotopic (exact) mass is 352 g/mol. The van der Waals surface area contributed by atoms with E-state index in [1.807, 2.05) is 36.7 Å². The topological polar surface area (TPSA) is 71.9 Å². The summed E-state index contributed by atoms with van der Waals surface area (Å²) in [7, 11) is 0. The van der Waals surface area contributed by atoms with Gasteiger partial charge in [-0.15, -0.1) is 0 Å². The zero-order valence-electron chi connectivity index (χ0n) is 15.0. The molecule has 1 aliphatic heterocycles. The van der Waals surface area contributed by atoms with E-state index < -0.39 is 0 Å². The van der Waals surface area contributed by atoms with Gasteiger partial charge in [0, 0.05) is 66.8 Å². The number of hydrogen-bond acceptors (Lipinski definition) is 3. The molecule has 1 saturated heterocycles. The Hall–Kier alpha value is -2.60. The molecule has 0 atom stereocenters. The number of imidazole rings is 1. The van der Waals surface area contributed by atoms with Crippen LogP contribution in [0.4, 0.5) is 0 Å². The second-order valence-electron chi connectivity index (χ2n) is 6.83. The van der Waals surface area contributed by atoms with Gasteiger partial charge in [-0.25, -0.2) is 4.98 Å². The zero-order chi connectivity index (χ0) is 17.9. The summed E-state index contributed by atoms with van der Waals surface area (Å²) in [6.07, 6.45) is 5.83. The number of hydrogen-bond donors (Lipinski definition) is 2. The fourth-order valence-corrected chi connectivity index (χ4v) is 3.63. The van der Waals surface area contributed by atoms with Crippen LogP contribution >= 0.6 is 0 Å². The summed E-state index contributed by atoms with van der Waals surface area (Å²) in [6.45, 7) is 4.98. The number of nitrogens with one attached hydrogen (secondary N) is 2. The number of rotatable bonds is 5. The molecule has 1 fully saturated rings. The number of nitrogens with zero attached hydrogens (tertiary/aromatic N) is 2. The molecule has 2 N–H and O–H groups in total. The molecule has 1 aromatic carbocycles. The molecule has 0 radical (unpaired) electrons. The number of carbonyl (C=O) groups excluding carboxylic acids is 1. The smallest absolute Gasteiger partial charge is 0.251 e. The zero-order valence-corrected chi connectivity index (χ0v) is 15.0. The molecule has 26 heavy (non-hydrogen) atoms. The first kappa shape index (κ1) is 16.8. The summed E-state index contributed by atoms with van der Waals surface area (Å²) < 4.78 is 7.69. The maximum Gasteiger partial charge on any atom is 0.251 e. The van der Waals surface area contributed by atoms with Gasteiger partial charge in [0.15, 0.2) is 0 Å².